The maximum atomic E-state index is 12.2. The first kappa shape index (κ1) is 15.1. The van der Waals surface area contributed by atoms with Gasteiger partial charge in [-0.05, 0) is 49.4 Å². The molecule has 0 aromatic heterocycles. The van der Waals surface area contributed by atoms with Gasteiger partial charge in [-0.15, -0.1) is 0 Å². The van der Waals surface area contributed by atoms with Crippen LogP contribution in [0.2, 0.25) is 0 Å². The summed E-state index contributed by atoms with van der Waals surface area (Å²) in [6.45, 7) is 2.56. The molecule has 1 saturated heterocycles. The molecule has 0 spiro atoms. The Balaban J connectivity index is 1.52. The van der Waals surface area contributed by atoms with E-state index in [-0.39, 0.29) is 5.91 Å². The first-order chi connectivity index (χ1) is 10.7. The SMILES string of the molecule is N#Cc1cccc(NC(=O)CN2CC[C@H]3CCCC[C@@H]3C2)c1. The molecule has 0 radical (unpaired) electrons. The third-order valence-corrected chi connectivity index (χ3v) is 5.02. The third kappa shape index (κ3) is 3.66. The minimum Gasteiger partial charge on any atom is -0.325 e. The van der Waals surface area contributed by atoms with Gasteiger partial charge in [-0.25, -0.2) is 0 Å². The zero-order valence-corrected chi connectivity index (χ0v) is 12.9. The van der Waals surface area contributed by atoms with Crippen molar-refractivity contribution in [3.05, 3.63) is 29.8 Å². The van der Waals surface area contributed by atoms with Crippen molar-refractivity contribution in [2.75, 3.05) is 25.0 Å². The summed E-state index contributed by atoms with van der Waals surface area (Å²) in [5.74, 6) is 1.70. The molecule has 4 heteroatoms. The van der Waals surface area contributed by atoms with Gasteiger partial charge in [0.2, 0.25) is 5.91 Å². The van der Waals surface area contributed by atoms with Crippen LogP contribution in [0.25, 0.3) is 0 Å². The summed E-state index contributed by atoms with van der Waals surface area (Å²) >= 11 is 0. The Morgan fingerprint density at radius 2 is 2.09 bits per heavy atom. The first-order valence-electron chi connectivity index (χ1n) is 8.27. The topological polar surface area (TPSA) is 56.1 Å². The van der Waals surface area contributed by atoms with Crippen molar-refractivity contribution in [1.29, 1.82) is 5.26 Å². The van der Waals surface area contributed by atoms with E-state index in [1.165, 1.54) is 32.1 Å². The molecule has 4 nitrogen and oxygen atoms in total. The molecule has 1 N–H and O–H groups in total. The molecule has 2 aliphatic rings. The van der Waals surface area contributed by atoms with E-state index in [0.717, 1.165) is 24.9 Å². The van der Waals surface area contributed by atoms with Crippen molar-refractivity contribution in [2.24, 2.45) is 11.8 Å². The van der Waals surface area contributed by atoms with E-state index in [2.05, 4.69) is 16.3 Å². The highest BCUT2D eigenvalue weighted by molar-refractivity contribution is 5.92. The maximum absolute atomic E-state index is 12.2. The summed E-state index contributed by atoms with van der Waals surface area (Å²) in [5, 5.41) is 11.8. The second kappa shape index (κ2) is 6.93. The van der Waals surface area contributed by atoms with E-state index in [0.29, 0.717) is 17.8 Å². The van der Waals surface area contributed by atoms with Gasteiger partial charge in [0.15, 0.2) is 0 Å². The quantitative estimate of drug-likeness (QED) is 0.933. The number of benzene rings is 1. The van der Waals surface area contributed by atoms with Gasteiger partial charge in [0.05, 0.1) is 18.2 Å². The molecule has 22 heavy (non-hydrogen) atoms. The van der Waals surface area contributed by atoms with Crippen LogP contribution in [0.1, 0.15) is 37.7 Å². The van der Waals surface area contributed by atoms with Crippen LogP contribution >= 0.6 is 0 Å². The van der Waals surface area contributed by atoms with Gasteiger partial charge >= 0.3 is 0 Å². The Morgan fingerprint density at radius 1 is 1.27 bits per heavy atom. The van der Waals surface area contributed by atoms with Crippen LogP contribution in [-0.4, -0.2) is 30.4 Å². The van der Waals surface area contributed by atoms with E-state index in [1.807, 2.05) is 6.07 Å². The molecule has 1 saturated carbocycles. The van der Waals surface area contributed by atoms with E-state index < -0.39 is 0 Å². The van der Waals surface area contributed by atoms with Gasteiger partial charge in [0.25, 0.3) is 0 Å². The van der Waals surface area contributed by atoms with Crippen LogP contribution in [0.5, 0.6) is 0 Å². The Hall–Kier alpha value is -1.86. The normalized spacial score (nSPS) is 25.0. The minimum atomic E-state index is 0.0179. The van der Waals surface area contributed by atoms with Crippen LogP contribution in [0.15, 0.2) is 24.3 Å². The molecule has 116 valence electrons. The number of amides is 1. The maximum Gasteiger partial charge on any atom is 0.238 e. The molecule has 0 unspecified atom stereocenters. The standard InChI is InChI=1S/C18H23N3O/c19-11-14-4-3-7-17(10-14)20-18(22)13-21-9-8-15-5-1-2-6-16(15)12-21/h3-4,7,10,15-16H,1-2,5-6,8-9,12-13H2,(H,20,22)/t15-,16-/m1/s1. The molecule has 1 aromatic carbocycles. The summed E-state index contributed by atoms with van der Waals surface area (Å²) in [5.41, 5.74) is 1.28. The lowest BCUT2D eigenvalue weighted by Crippen LogP contribution is -2.44. The van der Waals surface area contributed by atoms with Crippen molar-refractivity contribution in [2.45, 2.75) is 32.1 Å². The van der Waals surface area contributed by atoms with Gasteiger partial charge in [0, 0.05) is 12.2 Å². The zero-order chi connectivity index (χ0) is 15.4. The lowest BCUT2D eigenvalue weighted by Gasteiger charge is -2.41. The van der Waals surface area contributed by atoms with Gasteiger partial charge in [-0.3, -0.25) is 9.69 Å². The molecule has 2 atom stereocenters. The smallest absolute Gasteiger partial charge is 0.238 e. The highest BCUT2D eigenvalue weighted by Crippen LogP contribution is 2.35. The number of anilines is 1. The van der Waals surface area contributed by atoms with Gasteiger partial charge in [0.1, 0.15) is 0 Å². The highest BCUT2D eigenvalue weighted by Gasteiger charge is 2.31. The summed E-state index contributed by atoms with van der Waals surface area (Å²) < 4.78 is 0. The predicted molar refractivity (Wildman–Crippen MR) is 86.3 cm³/mol. The predicted octanol–water partition coefficient (Wildman–Crippen LogP) is 3.01. The number of likely N-dealkylation sites (tertiary alicyclic amines) is 1. The molecular weight excluding hydrogens is 274 g/mol. The second-order valence-corrected chi connectivity index (χ2v) is 6.57. The van der Waals surface area contributed by atoms with Crippen molar-refractivity contribution in [3.63, 3.8) is 0 Å². The van der Waals surface area contributed by atoms with Gasteiger partial charge in [-0.2, -0.15) is 5.26 Å². The van der Waals surface area contributed by atoms with E-state index in [9.17, 15) is 4.79 Å². The van der Waals surface area contributed by atoms with Crippen molar-refractivity contribution in [1.82, 2.24) is 4.90 Å². The Bertz CT molecular complexity index is 578. The molecule has 1 aliphatic heterocycles. The molecule has 0 bridgehead atoms. The highest BCUT2D eigenvalue weighted by atomic mass is 16.2. The number of hydrogen-bond donors (Lipinski definition) is 1. The minimum absolute atomic E-state index is 0.0179. The summed E-state index contributed by atoms with van der Waals surface area (Å²) in [4.78, 5) is 14.5. The Labute approximate surface area is 132 Å². The zero-order valence-electron chi connectivity index (χ0n) is 12.9. The number of carbonyl (C=O) groups excluding carboxylic acids is 1. The van der Waals surface area contributed by atoms with Gasteiger partial charge < -0.3 is 5.32 Å². The lowest BCUT2D eigenvalue weighted by molar-refractivity contribution is -0.118. The van der Waals surface area contributed by atoms with Crippen LogP contribution in [0.4, 0.5) is 5.69 Å². The number of piperidine rings is 1. The molecule has 3 rings (SSSR count). The first-order valence-corrected chi connectivity index (χ1v) is 8.27. The number of nitrogens with zero attached hydrogens (tertiary/aromatic N) is 2. The summed E-state index contributed by atoms with van der Waals surface area (Å²) in [6.07, 6.45) is 6.68. The number of rotatable bonds is 3. The fourth-order valence-electron chi connectivity index (χ4n) is 3.89. The second-order valence-electron chi connectivity index (χ2n) is 6.57. The number of fused-ring (bicyclic) bond motifs is 1. The van der Waals surface area contributed by atoms with Crippen molar-refractivity contribution in [3.8, 4) is 6.07 Å². The van der Waals surface area contributed by atoms with Crippen molar-refractivity contribution >= 4 is 11.6 Å². The molecule has 2 fully saturated rings. The largest absolute Gasteiger partial charge is 0.325 e. The fourth-order valence-corrected chi connectivity index (χ4v) is 3.89. The van der Waals surface area contributed by atoms with E-state index >= 15 is 0 Å². The van der Waals surface area contributed by atoms with E-state index in [4.69, 9.17) is 5.26 Å². The van der Waals surface area contributed by atoms with Crippen LogP contribution in [0, 0.1) is 23.2 Å². The average Bonchev–Trinajstić information content (AvgIpc) is 2.55. The van der Waals surface area contributed by atoms with Gasteiger partial charge in [-0.1, -0.05) is 25.3 Å². The fraction of sp³-hybridized carbons (Fsp3) is 0.556. The summed E-state index contributed by atoms with van der Waals surface area (Å²) in [7, 11) is 0. The number of nitriles is 1. The molecular formula is C18H23N3O. The molecule has 1 aliphatic carbocycles. The Kier molecular flexibility index (Phi) is 4.74. The van der Waals surface area contributed by atoms with Crippen LogP contribution < -0.4 is 5.32 Å². The van der Waals surface area contributed by atoms with E-state index in [1.54, 1.807) is 18.2 Å². The average molecular weight is 297 g/mol. The third-order valence-electron chi connectivity index (χ3n) is 5.02. The molecule has 1 heterocycles. The Morgan fingerprint density at radius 3 is 2.91 bits per heavy atom. The number of nitrogens with one attached hydrogen (secondary N) is 1. The summed E-state index contributed by atoms with van der Waals surface area (Å²) in [6, 6.07) is 9.16. The monoisotopic (exact) mass is 297 g/mol. The number of hydrogen-bond acceptors (Lipinski definition) is 3. The molecule has 1 aromatic rings. The van der Waals surface area contributed by atoms with Crippen LogP contribution in [0.3, 0.4) is 0 Å². The number of carbonyl (C=O) groups is 1. The lowest BCUT2D eigenvalue weighted by atomic mass is 9.75. The van der Waals surface area contributed by atoms with Crippen LogP contribution in [-0.2, 0) is 4.79 Å². The molecule has 1 amide bonds. The van der Waals surface area contributed by atoms with Crippen molar-refractivity contribution < 1.29 is 4.79 Å².